The molecule has 2 fully saturated rings. The van der Waals surface area contributed by atoms with Gasteiger partial charge in [0.25, 0.3) is 5.91 Å². The third-order valence-corrected chi connectivity index (χ3v) is 5.27. The number of hydrogen-bond donors (Lipinski definition) is 0. The number of nitrogens with zero attached hydrogens (tertiary/aromatic N) is 3. The van der Waals surface area contributed by atoms with E-state index >= 15 is 0 Å². The molecule has 0 N–H and O–H groups in total. The van der Waals surface area contributed by atoms with E-state index < -0.39 is 11.6 Å². The van der Waals surface area contributed by atoms with E-state index in [1.807, 2.05) is 0 Å². The Kier molecular flexibility index (Phi) is 6.26. The van der Waals surface area contributed by atoms with E-state index in [-0.39, 0.29) is 17.6 Å². The molecule has 27 heavy (non-hydrogen) atoms. The Labute approximate surface area is 157 Å². The van der Waals surface area contributed by atoms with Gasteiger partial charge in [-0.1, -0.05) is 0 Å². The summed E-state index contributed by atoms with van der Waals surface area (Å²) < 4.78 is 31.4. The summed E-state index contributed by atoms with van der Waals surface area (Å²) in [5, 5.41) is 0. The number of amides is 2. The van der Waals surface area contributed by atoms with E-state index in [4.69, 9.17) is 4.74 Å². The first-order chi connectivity index (χ1) is 13.0. The Bertz CT molecular complexity index is 685. The van der Waals surface area contributed by atoms with Crippen molar-refractivity contribution in [1.82, 2.24) is 14.7 Å². The van der Waals surface area contributed by atoms with Crippen LogP contribution in [-0.4, -0.2) is 78.6 Å². The molecule has 8 heteroatoms. The molecular formula is C19H25F2N3O3. The fraction of sp³-hybridized carbons (Fsp3) is 0.579. The molecule has 0 radical (unpaired) electrons. The number of likely N-dealkylation sites (tertiary alicyclic amines) is 1. The van der Waals surface area contributed by atoms with Crippen LogP contribution < -0.4 is 0 Å². The predicted molar refractivity (Wildman–Crippen MR) is 95.5 cm³/mol. The number of piperazine rings is 1. The van der Waals surface area contributed by atoms with Crippen LogP contribution >= 0.6 is 0 Å². The van der Waals surface area contributed by atoms with E-state index in [2.05, 4.69) is 4.90 Å². The van der Waals surface area contributed by atoms with Crippen LogP contribution in [0.3, 0.4) is 0 Å². The Morgan fingerprint density at radius 3 is 2.26 bits per heavy atom. The molecule has 1 aromatic carbocycles. The number of halogens is 2. The van der Waals surface area contributed by atoms with Crippen LogP contribution in [0.5, 0.6) is 0 Å². The fourth-order valence-electron chi connectivity index (χ4n) is 3.73. The highest BCUT2D eigenvalue weighted by atomic mass is 19.2. The standard InChI is InChI=1S/C19H25F2N3O3/c1-2-27-19(26)24-7-5-15(6-8-24)22-9-11-23(12-10-22)18(25)14-3-4-16(20)17(21)13-14/h3-4,13,15H,2,5-12H2,1H3. The summed E-state index contributed by atoms with van der Waals surface area (Å²) in [6.07, 6.45) is 1.52. The maximum atomic E-state index is 13.4. The summed E-state index contributed by atoms with van der Waals surface area (Å²) in [6, 6.07) is 3.64. The molecule has 6 nitrogen and oxygen atoms in total. The van der Waals surface area contributed by atoms with Crippen molar-refractivity contribution in [2.45, 2.75) is 25.8 Å². The zero-order chi connectivity index (χ0) is 19.4. The van der Waals surface area contributed by atoms with Crippen molar-refractivity contribution in [2.24, 2.45) is 0 Å². The molecule has 0 atom stereocenters. The van der Waals surface area contributed by atoms with Crippen LogP contribution in [0.2, 0.25) is 0 Å². The minimum Gasteiger partial charge on any atom is -0.450 e. The fourth-order valence-corrected chi connectivity index (χ4v) is 3.73. The lowest BCUT2D eigenvalue weighted by atomic mass is 10.0. The van der Waals surface area contributed by atoms with Crippen LogP contribution in [0, 0.1) is 11.6 Å². The van der Waals surface area contributed by atoms with Gasteiger partial charge in [0.15, 0.2) is 11.6 Å². The van der Waals surface area contributed by atoms with Crippen molar-refractivity contribution in [3.63, 3.8) is 0 Å². The highest BCUT2D eigenvalue weighted by molar-refractivity contribution is 5.94. The number of piperidine rings is 1. The highest BCUT2D eigenvalue weighted by Gasteiger charge is 2.30. The molecule has 0 aliphatic carbocycles. The van der Waals surface area contributed by atoms with Crippen molar-refractivity contribution in [3.05, 3.63) is 35.4 Å². The minimum atomic E-state index is -1.01. The Morgan fingerprint density at radius 2 is 1.67 bits per heavy atom. The summed E-state index contributed by atoms with van der Waals surface area (Å²) in [5.74, 6) is -2.23. The molecule has 0 bridgehead atoms. The number of ether oxygens (including phenoxy) is 1. The molecule has 3 rings (SSSR count). The molecule has 148 valence electrons. The number of rotatable bonds is 3. The van der Waals surface area contributed by atoms with Crippen LogP contribution in [0.15, 0.2) is 18.2 Å². The van der Waals surface area contributed by atoms with Crippen LogP contribution in [0.25, 0.3) is 0 Å². The summed E-state index contributed by atoms with van der Waals surface area (Å²) in [4.78, 5) is 30.0. The molecule has 0 spiro atoms. The topological polar surface area (TPSA) is 53.1 Å². The van der Waals surface area contributed by atoms with Gasteiger partial charge in [0.1, 0.15) is 0 Å². The quantitative estimate of drug-likeness (QED) is 0.807. The largest absolute Gasteiger partial charge is 0.450 e. The normalized spacial score (nSPS) is 19.2. The average molecular weight is 381 g/mol. The summed E-state index contributed by atoms with van der Waals surface area (Å²) in [6.45, 7) is 6.11. The second-order valence-electron chi connectivity index (χ2n) is 6.87. The highest BCUT2D eigenvalue weighted by Crippen LogP contribution is 2.20. The Morgan fingerprint density at radius 1 is 1.00 bits per heavy atom. The Hall–Kier alpha value is -2.22. The van der Waals surface area contributed by atoms with Crippen molar-refractivity contribution >= 4 is 12.0 Å². The third kappa shape index (κ3) is 4.55. The molecule has 2 aliphatic heterocycles. The number of carbonyl (C=O) groups is 2. The second kappa shape index (κ2) is 8.65. The van der Waals surface area contributed by atoms with Crippen molar-refractivity contribution in [2.75, 3.05) is 45.9 Å². The molecule has 2 saturated heterocycles. The first-order valence-corrected chi connectivity index (χ1v) is 9.39. The third-order valence-electron chi connectivity index (χ3n) is 5.27. The number of carbonyl (C=O) groups excluding carboxylic acids is 2. The minimum absolute atomic E-state index is 0.171. The van der Waals surface area contributed by atoms with E-state index in [1.54, 1.807) is 16.7 Å². The molecule has 0 saturated carbocycles. The van der Waals surface area contributed by atoms with Gasteiger partial charge in [0, 0.05) is 50.9 Å². The van der Waals surface area contributed by atoms with Gasteiger partial charge in [0.05, 0.1) is 6.61 Å². The van der Waals surface area contributed by atoms with Gasteiger partial charge in [0.2, 0.25) is 0 Å². The van der Waals surface area contributed by atoms with E-state index in [0.29, 0.717) is 38.8 Å². The number of hydrogen-bond acceptors (Lipinski definition) is 4. The number of benzene rings is 1. The van der Waals surface area contributed by atoms with Gasteiger partial charge in [-0.05, 0) is 38.0 Å². The second-order valence-corrected chi connectivity index (χ2v) is 6.87. The van der Waals surface area contributed by atoms with E-state index in [0.717, 1.165) is 38.1 Å². The molecular weight excluding hydrogens is 356 g/mol. The molecule has 0 aromatic heterocycles. The average Bonchev–Trinajstić information content (AvgIpc) is 2.70. The van der Waals surface area contributed by atoms with Gasteiger partial charge < -0.3 is 14.5 Å². The Balaban J connectivity index is 1.48. The smallest absolute Gasteiger partial charge is 0.409 e. The van der Waals surface area contributed by atoms with Crippen LogP contribution in [0.4, 0.5) is 13.6 Å². The first-order valence-electron chi connectivity index (χ1n) is 9.39. The van der Waals surface area contributed by atoms with Crippen molar-refractivity contribution in [1.29, 1.82) is 0 Å². The zero-order valence-electron chi connectivity index (χ0n) is 15.5. The molecule has 2 aliphatic rings. The van der Waals surface area contributed by atoms with Gasteiger partial charge >= 0.3 is 6.09 Å². The SMILES string of the molecule is CCOC(=O)N1CCC(N2CCN(C(=O)c3ccc(F)c(F)c3)CC2)CC1. The maximum absolute atomic E-state index is 13.4. The molecule has 0 unspecified atom stereocenters. The van der Waals surface area contributed by atoms with E-state index in [9.17, 15) is 18.4 Å². The van der Waals surface area contributed by atoms with Gasteiger partial charge in [-0.3, -0.25) is 9.69 Å². The van der Waals surface area contributed by atoms with Crippen LogP contribution in [-0.2, 0) is 4.74 Å². The molecule has 1 aromatic rings. The monoisotopic (exact) mass is 381 g/mol. The van der Waals surface area contributed by atoms with Gasteiger partial charge in [-0.25, -0.2) is 13.6 Å². The maximum Gasteiger partial charge on any atom is 0.409 e. The predicted octanol–water partition coefficient (Wildman–Crippen LogP) is 2.34. The van der Waals surface area contributed by atoms with E-state index in [1.165, 1.54) is 6.07 Å². The van der Waals surface area contributed by atoms with Crippen molar-refractivity contribution < 1.29 is 23.1 Å². The molecule has 2 heterocycles. The van der Waals surface area contributed by atoms with Crippen molar-refractivity contribution in [3.8, 4) is 0 Å². The zero-order valence-corrected chi connectivity index (χ0v) is 15.5. The lowest BCUT2D eigenvalue weighted by molar-refractivity contribution is 0.0417. The molecule has 2 amide bonds. The summed E-state index contributed by atoms with van der Waals surface area (Å²) >= 11 is 0. The summed E-state index contributed by atoms with van der Waals surface area (Å²) in [7, 11) is 0. The lowest BCUT2D eigenvalue weighted by Crippen LogP contribution is -2.54. The van der Waals surface area contributed by atoms with Gasteiger partial charge in [-0.2, -0.15) is 0 Å². The summed E-state index contributed by atoms with van der Waals surface area (Å²) in [5.41, 5.74) is 0.171. The first kappa shape index (κ1) is 19.5. The van der Waals surface area contributed by atoms with Gasteiger partial charge in [-0.15, -0.1) is 0 Å². The lowest BCUT2D eigenvalue weighted by Gasteiger charge is -2.42. The van der Waals surface area contributed by atoms with Crippen LogP contribution in [0.1, 0.15) is 30.1 Å².